The van der Waals surface area contributed by atoms with Crippen LogP contribution in [0.5, 0.6) is 0 Å². The van der Waals surface area contributed by atoms with E-state index in [0.717, 1.165) is 29.7 Å². The summed E-state index contributed by atoms with van der Waals surface area (Å²) >= 11 is 0. The van der Waals surface area contributed by atoms with Gasteiger partial charge in [0, 0.05) is 30.0 Å². The van der Waals surface area contributed by atoms with Crippen LogP contribution in [-0.2, 0) is 9.59 Å². The van der Waals surface area contributed by atoms with Gasteiger partial charge in [-0.1, -0.05) is 53.9 Å². The first kappa shape index (κ1) is 22.1. The fraction of sp³-hybridized carbons (Fsp3) is 0.852. The van der Waals surface area contributed by atoms with Crippen LogP contribution in [0.2, 0.25) is 0 Å². The van der Waals surface area contributed by atoms with Gasteiger partial charge >= 0.3 is 0 Å². The number of allylic oxidation sites excluding steroid dienone is 1. The first-order valence-electron chi connectivity index (χ1n) is 12.7. The molecule has 4 aliphatic rings. The summed E-state index contributed by atoms with van der Waals surface area (Å²) in [6.45, 7) is 12.0. The number of Topliss-reactive ketones (excluding diaryl/α,β-unsaturated/α-hetero) is 1. The maximum atomic E-state index is 13.2. The minimum Gasteiger partial charge on any atom is -0.332 e. The summed E-state index contributed by atoms with van der Waals surface area (Å²) in [7, 11) is 0. The quantitative estimate of drug-likeness (QED) is 0.576. The lowest BCUT2D eigenvalue weighted by molar-refractivity contribution is -0.129. The topological polar surface area (TPSA) is 46.2 Å². The Balaban J connectivity index is 1.54. The van der Waals surface area contributed by atoms with Crippen LogP contribution < -0.4 is 5.32 Å². The summed E-state index contributed by atoms with van der Waals surface area (Å²) in [6.07, 6.45) is 13.1. The number of carbonyl (C=O) groups is 2. The van der Waals surface area contributed by atoms with Gasteiger partial charge in [0.1, 0.15) is 0 Å². The molecular formula is C27H43NO2. The second-order valence-corrected chi connectivity index (χ2v) is 12.1. The Hall–Kier alpha value is -1.12. The minimum absolute atomic E-state index is 0.0688. The largest absolute Gasteiger partial charge is 0.332 e. The van der Waals surface area contributed by atoms with Crippen LogP contribution in [0.4, 0.5) is 0 Å². The van der Waals surface area contributed by atoms with Gasteiger partial charge in [0.2, 0.25) is 5.91 Å². The third-order valence-electron chi connectivity index (χ3n) is 10.0. The van der Waals surface area contributed by atoms with Crippen molar-refractivity contribution >= 4 is 11.7 Å². The fourth-order valence-corrected chi connectivity index (χ4v) is 8.39. The smallest absolute Gasteiger partial charge is 0.223 e. The number of hydrogen-bond donors (Lipinski definition) is 1. The number of rotatable bonds is 5. The van der Waals surface area contributed by atoms with Crippen molar-refractivity contribution in [2.75, 3.05) is 0 Å². The van der Waals surface area contributed by atoms with E-state index in [4.69, 9.17) is 0 Å². The summed E-state index contributed by atoms with van der Waals surface area (Å²) in [5, 5.41) is 2.88. The molecule has 30 heavy (non-hydrogen) atoms. The zero-order valence-electron chi connectivity index (χ0n) is 19.9. The van der Waals surface area contributed by atoms with Crippen LogP contribution in [-0.4, -0.2) is 11.7 Å². The van der Waals surface area contributed by atoms with Crippen LogP contribution in [0.1, 0.15) is 98.8 Å². The lowest BCUT2D eigenvalue weighted by atomic mass is 9.47. The number of fused-ring (bicyclic) bond motifs is 5. The normalized spacial score (nSPS) is 42.0. The molecule has 7 atom stereocenters. The van der Waals surface area contributed by atoms with Crippen molar-refractivity contribution in [2.24, 2.45) is 46.3 Å². The van der Waals surface area contributed by atoms with Gasteiger partial charge in [-0.25, -0.2) is 0 Å². The Morgan fingerprint density at radius 1 is 1.03 bits per heavy atom. The molecule has 168 valence electrons. The Morgan fingerprint density at radius 2 is 1.80 bits per heavy atom. The average molecular weight is 414 g/mol. The Morgan fingerprint density at radius 3 is 2.53 bits per heavy atom. The van der Waals surface area contributed by atoms with Crippen molar-refractivity contribution in [3.63, 3.8) is 0 Å². The highest BCUT2D eigenvalue weighted by atomic mass is 16.1. The second-order valence-electron chi connectivity index (χ2n) is 12.1. The molecule has 0 spiro atoms. The predicted octanol–water partition coefficient (Wildman–Crippen LogP) is 6.28. The first-order valence-corrected chi connectivity index (χ1v) is 12.7. The van der Waals surface area contributed by atoms with Crippen molar-refractivity contribution in [1.82, 2.24) is 5.32 Å². The zero-order valence-corrected chi connectivity index (χ0v) is 19.9. The predicted molar refractivity (Wildman–Crippen MR) is 122 cm³/mol. The molecule has 7 unspecified atom stereocenters. The molecule has 1 N–H and O–H groups in total. The Bertz CT molecular complexity index is 724. The highest BCUT2D eigenvalue weighted by molar-refractivity contribution is 5.99. The van der Waals surface area contributed by atoms with E-state index in [9.17, 15) is 9.59 Å². The van der Waals surface area contributed by atoms with Crippen molar-refractivity contribution in [1.29, 1.82) is 0 Å². The SMILES string of the molecule is CC(C)CCCC(C)C1CCC2C3CC(=O)C4=CNC(=O)CCC4(C)C3CCC12C. The van der Waals surface area contributed by atoms with E-state index in [0.29, 0.717) is 41.8 Å². The van der Waals surface area contributed by atoms with Crippen molar-refractivity contribution < 1.29 is 9.59 Å². The summed E-state index contributed by atoms with van der Waals surface area (Å²) < 4.78 is 0. The van der Waals surface area contributed by atoms with Crippen molar-refractivity contribution in [3.05, 3.63) is 11.8 Å². The highest BCUT2D eigenvalue weighted by Gasteiger charge is 2.60. The fourth-order valence-electron chi connectivity index (χ4n) is 8.39. The van der Waals surface area contributed by atoms with Gasteiger partial charge in [-0.15, -0.1) is 0 Å². The van der Waals surface area contributed by atoms with Crippen LogP contribution in [0.15, 0.2) is 11.8 Å². The van der Waals surface area contributed by atoms with E-state index in [2.05, 4.69) is 39.9 Å². The van der Waals surface area contributed by atoms with Gasteiger partial charge in [0.15, 0.2) is 5.78 Å². The molecule has 0 saturated heterocycles. The van der Waals surface area contributed by atoms with Crippen LogP contribution >= 0.6 is 0 Å². The summed E-state index contributed by atoms with van der Waals surface area (Å²) in [5.74, 6) is 4.53. The Labute approximate surface area is 183 Å². The van der Waals surface area contributed by atoms with E-state index < -0.39 is 0 Å². The van der Waals surface area contributed by atoms with Gasteiger partial charge in [0.25, 0.3) is 0 Å². The van der Waals surface area contributed by atoms with Gasteiger partial charge in [-0.05, 0) is 73.0 Å². The second kappa shape index (κ2) is 8.10. The van der Waals surface area contributed by atoms with Crippen LogP contribution in [0, 0.1) is 46.3 Å². The lowest BCUT2D eigenvalue weighted by Crippen LogP contribution is -2.52. The molecule has 3 heteroatoms. The van der Waals surface area contributed by atoms with Crippen LogP contribution in [0.25, 0.3) is 0 Å². The van der Waals surface area contributed by atoms with E-state index in [1.165, 1.54) is 44.9 Å². The molecule has 1 aliphatic heterocycles. The maximum Gasteiger partial charge on any atom is 0.223 e. The molecule has 0 bridgehead atoms. The average Bonchev–Trinajstić information content (AvgIpc) is 2.94. The molecule has 3 fully saturated rings. The number of carbonyl (C=O) groups excluding carboxylic acids is 2. The van der Waals surface area contributed by atoms with Gasteiger partial charge in [-0.2, -0.15) is 0 Å². The molecule has 3 aliphatic carbocycles. The molecule has 0 aromatic carbocycles. The monoisotopic (exact) mass is 413 g/mol. The molecule has 4 rings (SSSR count). The first-order chi connectivity index (χ1) is 14.2. The lowest BCUT2D eigenvalue weighted by Gasteiger charge is -2.57. The van der Waals surface area contributed by atoms with Crippen molar-refractivity contribution in [3.8, 4) is 0 Å². The standard InChI is InChI=1S/C27H43NO2/c1-17(2)7-6-8-18(3)20-9-10-21-19-15-24(29)23-16-28-25(30)12-14-27(23,5)22(19)11-13-26(20,21)4/h16-22H,6-15H2,1-5H3,(H,28,30). The molecule has 1 heterocycles. The zero-order chi connectivity index (χ0) is 21.7. The van der Waals surface area contributed by atoms with Gasteiger partial charge in [-0.3, -0.25) is 9.59 Å². The molecular weight excluding hydrogens is 370 g/mol. The molecule has 0 aromatic heterocycles. The molecule has 0 aromatic rings. The third-order valence-corrected chi connectivity index (χ3v) is 10.0. The number of hydrogen-bond acceptors (Lipinski definition) is 2. The summed E-state index contributed by atoms with van der Waals surface area (Å²) in [4.78, 5) is 25.3. The molecule has 3 saturated carbocycles. The summed E-state index contributed by atoms with van der Waals surface area (Å²) in [6, 6.07) is 0. The van der Waals surface area contributed by atoms with Crippen molar-refractivity contribution in [2.45, 2.75) is 98.8 Å². The minimum atomic E-state index is -0.124. The van der Waals surface area contributed by atoms with E-state index in [-0.39, 0.29) is 11.3 Å². The van der Waals surface area contributed by atoms with E-state index in [1.807, 2.05) is 0 Å². The maximum absolute atomic E-state index is 13.2. The van der Waals surface area contributed by atoms with Gasteiger partial charge in [0.05, 0.1) is 0 Å². The Kier molecular flexibility index (Phi) is 5.96. The summed E-state index contributed by atoms with van der Waals surface area (Å²) in [5.41, 5.74) is 1.19. The number of ketones is 1. The number of amides is 1. The molecule has 1 amide bonds. The van der Waals surface area contributed by atoms with E-state index in [1.54, 1.807) is 6.20 Å². The van der Waals surface area contributed by atoms with Crippen LogP contribution in [0.3, 0.4) is 0 Å². The molecule has 0 radical (unpaired) electrons. The van der Waals surface area contributed by atoms with Gasteiger partial charge < -0.3 is 5.32 Å². The highest BCUT2D eigenvalue weighted by Crippen LogP contribution is 2.66. The third kappa shape index (κ3) is 3.58. The number of nitrogens with one attached hydrogen (secondary N) is 1. The van der Waals surface area contributed by atoms with E-state index >= 15 is 0 Å². The molecule has 3 nitrogen and oxygen atoms in total.